The molecule has 0 spiro atoms. The fraction of sp³-hybridized carbons (Fsp3) is 0.824. The number of carbonyl (C=O) groups excluding carboxylic acids is 8. The molecule has 0 aromatic heterocycles. The lowest BCUT2D eigenvalue weighted by atomic mass is 9.91. The number of carboxylic acid groups (broad SMARTS) is 2. The molecule has 700 valence electrons. The van der Waals surface area contributed by atoms with Crippen molar-refractivity contribution >= 4 is 106 Å². The van der Waals surface area contributed by atoms with Gasteiger partial charge in [0, 0.05) is 71.3 Å². The molecule has 6 N–H and O–H groups in total. The molecular weight excluding hydrogens is 1680 g/mol. The molecular formula is C91H171BrN2O22P4+4. The summed E-state index contributed by atoms with van der Waals surface area (Å²) in [6.45, 7) is 62.0. The van der Waals surface area contributed by atoms with Gasteiger partial charge < -0.3 is 54.6 Å². The second kappa shape index (κ2) is 75.6. The highest BCUT2D eigenvalue weighted by molar-refractivity contribution is 9.09. The van der Waals surface area contributed by atoms with Crippen LogP contribution in [-0.2, 0) is 91.6 Å². The van der Waals surface area contributed by atoms with Crippen molar-refractivity contribution in [3.63, 3.8) is 0 Å². The van der Waals surface area contributed by atoms with E-state index in [-0.39, 0.29) is 79.0 Å². The van der Waals surface area contributed by atoms with Crippen LogP contribution in [0, 0.1) is 101 Å². The highest BCUT2D eigenvalue weighted by atomic mass is 79.9. The summed E-state index contributed by atoms with van der Waals surface area (Å²) >= 11 is 3.42. The third-order valence-electron chi connectivity index (χ3n) is 16.9. The zero-order valence-electron chi connectivity index (χ0n) is 80.2. The lowest BCUT2D eigenvalue weighted by molar-refractivity contribution is -0.160. The summed E-state index contributed by atoms with van der Waals surface area (Å²) in [6, 6.07) is 9.57. The maximum absolute atomic E-state index is 11.7. The molecule has 1 aliphatic heterocycles. The Hall–Kier alpha value is -4.72. The number of hydrogen-bond acceptors (Lipinski definition) is 21. The van der Waals surface area contributed by atoms with E-state index < -0.39 is 72.6 Å². The van der Waals surface area contributed by atoms with Crippen LogP contribution in [0.25, 0.3) is 0 Å². The third kappa shape index (κ3) is 100. The lowest BCUT2D eigenvalue weighted by Gasteiger charge is -2.22. The third-order valence-corrected chi connectivity index (χ3v) is 21.9. The zero-order chi connectivity index (χ0) is 94.9. The van der Waals surface area contributed by atoms with Gasteiger partial charge in [0.15, 0.2) is 6.16 Å². The average Bonchev–Trinajstić information content (AvgIpc) is 1.33. The van der Waals surface area contributed by atoms with E-state index in [0.717, 1.165) is 75.1 Å². The molecule has 24 nitrogen and oxygen atoms in total. The van der Waals surface area contributed by atoms with Gasteiger partial charge in [0.05, 0.1) is 38.2 Å². The number of esters is 3. The molecule has 1 amide bonds. The SMILES string of the molecule is CC(=O)C(CC(=O)OC(C)(C)C)CC(C)C.CC(=O)CC(CBr)CC(C)C.CC(=O)CC(CC(C)C)C[P+](C)=O.CC(=O)CCC(C)C.CC(C)CC(CC(=O)O)C[P+](C)=O.CC(C)CC(CC(=O)OC(C)(C)C)C(=O)O.CC(C)CC(CN)C[P+](=O)OO.CC(C)CC(CNC(=O)OCc1ccccc1)C[P+](C)=O.CC(C)CC1COC(=O)C1. The van der Waals surface area contributed by atoms with Crippen LogP contribution >= 0.6 is 47.4 Å². The maximum atomic E-state index is 11.7. The number of carbonyl (C=O) groups is 10. The quantitative estimate of drug-likeness (QED) is 0.0101. The van der Waals surface area contributed by atoms with Gasteiger partial charge in [-0.2, -0.15) is 0 Å². The number of carboxylic acids is 2. The number of nitrogens with two attached hydrogens (primary N) is 1. The van der Waals surface area contributed by atoms with Crippen molar-refractivity contribution in [1.82, 2.24) is 5.32 Å². The molecule has 1 fully saturated rings. The van der Waals surface area contributed by atoms with Gasteiger partial charge in [-0.3, -0.25) is 28.8 Å². The molecule has 1 aromatic rings. The summed E-state index contributed by atoms with van der Waals surface area (Å²) < 4.78 is 68.2. The van der Waals surface area contributed by atoms with Crippen LogP contribution in [0.3, 0.4) is 0 Å². The standard InChI is InChI=1S/C16H24NO3P.C13H24O3.C12H22O4.C10H20O2P.C9H17BrO.C9H17O3P.C8H14O2.C7H16NO3P.C7H14O/c1-13(2)9-15(12-21(3)19)10-17-16(18)20-11-14-7-5-4-6-8-14;1-9(2)7-11(10(3)14)8-12(15)16-13(4,5)6;1-8(2)6-9(11(14)15)7-10(13)16-12(3,4)5;1-8(2)5-10(6-9(3)11)7-13(4)12;1-7(2)4-9(6-10)5-8(3)11;1-7(2)4-8(5-9(10)11)6-13(3)12;1-6(2)3-7-4-8(9)10-5-7;1-6(2)3-7(4-8)5-12(10)11-9;1-6(2)4-5-7(3)8/h4-8,13,15H,9-12H2,1-3H3;9,11H,7-8H2,1-6H3;8-9H,6-7H2,1-5H3,(H,14,15);8,10H,5-7H2,1-4H3;7,9H,4-6H2,1-3H3;7-8H,4-6H2,1-3H3;6-7H,3-5H2,1-2H3;6-7H,3-5,8H2,1-2H3;6H,4-5H2,1-3H3/q;;;+1;;;;;/p+3. The highest BCUT2D eigenvalue weighted by Gasteiger charge is 2.30. The minimum atomic E-state index is -1.93. The van der Waals surface area contributed by atoms with Crippen LogP contribution in [0.4, 0.5) is 4.79 Å². The van der Waals surface area contributed by atoms with Crippen LogP contribution in [0.15, 0.2) is 30.3 Å². The Bertz CT molecular complexity index is 2880. The summed E-state index contributed by atoms with van der Waals surface area (Å²) in [4.78, 5) is 110. The van der Waals surface area contributed by atoms with Crippen molar-refractivity contribution in [2.45, 2.75) is 314 Å². The second-order valence-electron chi connectivity index (χ2n) is 37.9. The van der Waals surface area contributed by atoms with Gasteiger partial charge in [0.25, 0.3) is 0 Å². The predicted octanol–water partition coefficient (Wildman–Crippen LogP) is 23.6. The Balaban J connectivity index is -0.000000242. The summed E-state index contributed by atoms with van der Waals surface area (Å²) in [7, 11) is -5.43. The second-order valence-corrected chi connectivity index (χ2v) is 44.7. The Morgan fingerprint density at radius 2 is 0.900 bits per heavy atom. The van der Waals surface area contributed by atoms with Gasteiger partial charge in [-0.05, 0) is 203 Å². The highest BCUT2D eigenvalue weighted by Crippen LogP contribution is 2.31. The predicted molar refractivity (Wildman–Crippen MR) is 495 cm³/mol. The van der Waals surface area contributed by atoms with Gasteiger partial charge in [0.2, 0.25) is 0 Å². The minimum absolute atomic E-state index is 0.0225. The zero-order valence-corrected chi connectivity index (χ0v) is 85.4. The van der Waals surface area contributed by atoms with Crippen LogP contribution < -0.4 is 11.1 Å². The van der Waals surface area contributed by atoms with Crippen LogP contribution in [-0.4, -0.2) is 155 Å². The lowest BCUT2D eigenvalue weighted by Crippen LogP contribution is -2.31. The number of rotatable bonds is 46. The van der Waals surface area contributed by atoms with Crippen molar-refractivity contribution in [2.24, 2.45) is 106 Å². The van der Waals surface area contributed by atoms with Gasteiger partial charge in [-0.15, -0.1) is 0 Å². The monoisotopic (exact) mass is 1850 g/mol. The van der Waals surface area contributed by atoms with Gasteiger partial charge in [-0.25, -0.2) is 10.1 Å². The number of cyclic esters (lactones) is 1. The smallest absolute Gasteiger partial charge is 0.481 e. The summed E-state index contributed by atoms with van der Waals surface area (Å²) in [5.74, 6) is 4.23. The molecule has 0 bridgehead atoms. The molecule has 29 heteroatoms. The number of Topliss-reactive ketones (excluding diaryl/α,β-unsaturated/α-hetero) is 4. The fourth-order valence-electron chi connectivity index (χ4n) is 12.7. The van der Waals surface area contributed by atoms with Gasteiger partial charge >= 0.3 is 67.4 Å². The summed E-state index contributed by atoms with van der Waals surface area (Å²) in [5.41, 5.74) is 5.39. The number of ketones is 4. The number of aliphatic carboxylic acids is 2. The molecule has 0 radical (unpaired) electrons. The number of alkyl carbamates (subject to hydrolysis) is 1. The Labute approximate surface area is 739 Å². The molecule has 0 aliphatic carbocycles. The largest absolute Gasteiger partial charge is 0.539 e. The van der Waals surface area contributed by atoms with E-state index in [0.29, 0.717) is 140 Å². The molecule has 1 aromatic carbocycles. The number of nitrogens with one attached hydrogen (secondary N) is 1. The van der Waals surface area contributed by atoms with E-state index >= 15 is 0 Å². The first-order valence-electron chi connectivity index (χ1n) is 43.1. The first-order valence-corrected chi connectivity index (χ1v) is 51.3. The molecule has 0 saturated carbocycles. The Morgan fingerprint density at radius 3 is 1.22 bits per heavy atom. The normalized spacial score (nSPS) is 14.5. The van der Waals surface area contributed by atoms with E-state index in [4.69, 9.17) is 40.2 Å². The van der Waals surface area contributed by atoms with Crippen LogP contribution in [0.2, 0.25) is 0 Å². The van der Waals surface area contributed by atoms with E-state index in [1.54, 1.807) is 61.5 Å². The maximum Gasteiger partial charge on any atom is 0.539 e. The first kappa shape index (κ1) is 128. The van der Waals surface area contributed by atoms with Crippen molar-refractivity contribution in [2.75, 3.05) is 69.7 Å². The van der Waals surface area contributed by atoms with E-state index in [2.05, 4.69) is 123 Å². The number of amides is 1. The molecule has 1 saturated heterocycles. The number of halogens is 1. The molecule has 2 rings (SSSR count). The minimum Gasteiger partial charge on any atom is -0.481 e. The van der Waals surface area contributed by atoms with Crippen LogP contribution in [0.5, 0.6) is 0 Å². The summed E-state index contributed by atoms with van der Waals surface area (Å²) in [5, 5.41) is 29.4. The number of alkyl halides is 1. The average molecular weight is 1850 g/mol. The number of benzene rings is 1. The number of ether oxygens (including phenoxy) is 4. The van der Waals surface area contributed by atoms with Gasteiger partial charge in [0.1, 0.15) is 79.4 Å². The van der Waals surface area contributed by atoms with E-state index in [1.807, 2.05) is 78.8 Å². The van der Waals surface area contributed by atoms with E-state index in [9.17, 15) is 66.2 Å². The first-order chi connectivity index (χ1) is 55.0. The molecule has 12 unspecified atom stereocenters. The van der Waals surface area contributed by atoms with Crippen molar-refractivity contribution in [3.8, 4) is 0 Å². The van der Waals surface area contributed by atoms with Crippen molar-refractivity contribution in [1.29, 1.82) is 0 Å². The van der Waals surface area contributed by atoms with E-state index in [1.165, 1.54) is 6.92 Å². The van der Waals surface area contributed by atoms with Crippen molar-refractivity contribution in [3.05, 3.63) is 35.9 Å². The summed E-state index contributed by atoms with van der Waals surface area (Å²) in [6.07, 6.45) is 13.1. The topological polar surface area (TPSA) is 384 Å². The fourth-order valence-corrected chi connectivity index (χ4v) is 17.0. The number of hydrogen-bond donors (Lipinski definition) is 5. The molecule has 12 atom stereocenters. The Kier molecular flexibility index (Phi) is 80.9. The van der Waals surface area contributed by atoms with Gasteiger partial charge in [-0.1, -0.05) is 185 Å². The van der Waals surface area contributed by atoms with Crippen molar-refractivity contribution < 1.29 is 105 Å². The Morgan fingerprint density at radius 1 is 0.517 bits per heavy atom. The van der Waals surface area contributed by atoms with Crippen LogP contribution in [0.1, 0.15) is 302 Å². The molecule has 1 aliphatic rings. The molecule has 120 heavy (non-hydrogen) atoms. The molecule has 1 heterocycles.